The lowest BCUT2D eigenvalue weighted by atomic mass is 9.90. The Bertz CT molecular complexity index is 1200. The van der Waals surface area contributed by atoms with E-state index in [1.807, 2.05) is 0 Å². The first-order chi connectivity index (χ1) is 19.4. The van der Waals surface area contributed by atoms with Crippen molar-refractivity contribution in [2.75, 3.05) is 18.6 Å². The van der Waals surface area contributed by atoms with E-state index in [1.54, 1.807) is 30.3 Å². The SMILES string of the molecule is CCOC(=O)OC(C)OC(=O)C(NC(=O)C(Cc1ccccc1)CC(C(N)CCS(C)(=O)=O)(S(=O)[O-])S(=O)[O-])C(C)O. The normalized spacial score (nSPS) is 18.2. The number of hydrogen-bond acceptors (Lipinski definition) is 14. The van der Waals surface area contributed by atoms with Crippen LogP contribution in [0.3, 0.4) is 0 Å². The highest BCUT2D eigenvalue weighted by Crippen LogP contribution is 2.33. The molecule has 1 amide bonds. The van der Waals surface area contributed by atoms with Crippen molar-refractivity contribution in [2.24, 2.45) is 11.7 Å². The molecule has 0 aromatic heterocycles. The first-order valence-corrected chi connectivity index (χ1v) is 16.8. The molecule has 1 rings (SSSR count). The lowest BCUT2D eigenvalue weighted by molar-refractivity contribution is -0.174. The van der Waals surface area contributed by atoms with E-state index in [1.165, 1.54) is 13.8 Å². The highest BCUT2D eigenvalue weighted by molar-refractivity contribution is 7.99. The predicted octanol–water partition coefficient (Wildman–Crippen LogP) is -0.620. The third-order valence-corrected chi connectivity index (χ3v) is 9.86. The van der Waals surface area contributed by atoms with Gasteiger partial charge in [-0.05, 0) is 60.8 Å². The topological polar surface area (TPSA) is 252 Å². The molecule has 7 atom stereocenters. The summed E-state index contributed by atoms with van der Waals surface area (Å²) in [6, 6.07) is 4.57. The number of ether oxygens (including phenoxy) is 3. The molecule has 0 aliphatic carbocycles. The zero-order chi connectivity index (χ0) is 32.3. The molecule has 42 heavy (non-hydrogen) atoms. The van der Waals surface area contributed by atoms with Crippen molar-refractivity contribution in [2.45, 2.75) is 68.6 Å². The van der Waals surface area contributed by atoms with Gasteiger partial charge in [0.2, 0.25) is 12.2 Å². The fourth-order valence-corrected chi connectivity index (χ4v) is 6.38. The average molecular weight is 657 g/mol. The summed E-state index contributed by atoms with van der Waals surface area (Å²) in [5, 5.41) is 12.4. The van der Waals surface area contributed by atoms with Crippen LogP contribution >= 0.6 is 0 Å². The lowest BCUT2D eigenvalue weighted by Crippen LogP contribution is -2.58. The van der Waals surface area contributed by atoms with Crippen LogP contribution in [0.25, 0.3) is 0 Å². The third kappa shape index (κ3) is 11.7. The Morgan fingerprint density at radius 2 is 1.67 bits per heavy atom. The molecule has 18 heteroatoms. The number of hydrogen-bond donors (Lipinski definition) is 3. The van der Waals surface area contributed by atoms with E-state index < -0.39 is 103 Å². The van der Waals surface area contributed by atoms with Gasteiger partial charge >= 0.3 is 12.1 Å². The number of esters is 1. The standard InChI is InChI=1S/C24H38N2O13S3/c1-5-37-23(30)39-16(3)38-22(29)20(15(2)27)26-21(28)18(13-17-9-7-6-8-10-17)14-24(40(31)32,41(33)34)19(25)11-12-42(4,35)36/h6-10,15-16,18-20,27H,5,11-14,25H2,1-4H3,(H,26,28)(H,31,32)(H,33,34)/p-2. The Hall–Kier alpha value is -2.48. The maximum atomic E-state index is 13.5. The van der Waals surface area contributed by atoms with Crippen molar-refractivity contribution in [1.29, 1.82) is 0 Å². The van der Waals surface area contributed by atoms with Crippen LogP contribution in [0.15, 0.2) is 30.3 Å². The van der Waals surface area contributed by atoms with E-state index >= 15 is 0 Å². The van der Waals surface area contributed by atoms with Crippen molar-refractivity contribution >= 4 is 50.0 Å². The van der Waals surface area contributed by atoms with Crippen LogP contribution in [-0.2, 0) is 62.2 Å². The zero-order valence-electron chi connectivity index (χ0n) is 23.5. The number of carbonyl (C=O) groups is 3. The molecule has 240 valence electrons. The van der Waals surface area contributed by atoms with Crippen LogP contribution in [0, 0.1) is 5.92 Å². The number of aliphatic hydroxyl groups is 1. The molecule has 0 fully saturated rings. The van der Waals surface area contributed by atoms with Crippen molar-refractivity contribution in [3.63, 3.8) is 0 Å². The van der Waals surface area contributed by atoms with E-state index in [2.05, 4.69) is 10.1 Å². The van der Waals surface area contributed by atoms with E-state index in [9.17, 15) is 45.4 Å². The number of amides is 1. The first-order valence-electron chi connectivity index (χ1n) is 12.6. The Balaban J connectivity index is 3.39. The molecule has 15 nitrogen and oxygen atoms in total. The summed E-state index contributed by atoms with van der Waals surface area (Å²) in [6.45, 7) is 3.81. The van der Waals surface area contributed by atoms with Gasteiger partial charge < -0.3 is 39.5 Å². The van der Waals surface area contributed by atoms with Crippen molar-refractivity contribution < 1.29 is 59.6 Å². The van der Waals surface area contributed by atoms with Gasteiger partial charge in [0, 0.05) is 25.1 Å². The van der Waals surface area contributed by atoms with Gasteiger partial charge in [0.15, 0.2) is 6.04 Å². The van der Waals surface area contributed by atoms with E-state index in [0.717, 1.165) is 13.2 Å². The number of sulfone groups is 1. The molecule has 4 N–H and O–H groups in total. The van der Waals surface area contributed by atoms with Crippen molar-refractivity contribution in [3.8, 4) is 0 Å². The molecule has 7 unspecified atom stereocenters. The molecule has 0 heterocycles. The van der Waals surface area contributed by atoms with Gasteiger partial charge in [-0.15, -0.1) is 0 Å². The number of carbonyl (C=O) groups excluding carboxylic acids is 3. The van der Waals surface area contributed by atoms with Gasteiger partial charge in [-0.1, -0.05) is 30.3 Å². The van der Waals surface area contributed by atoms with Crippen LogP contribution in [0.5, 0.6) is 0 Å². The number of aliphatic hydroxyl groups excluding tert-OH is 1. The third-order valence-electron chi connectivity index (χ3n) is 6.00. The molecule has 0 bridgehead atoms. The van der Waals surface area contributed by atoms with Gasteiger partial charge in [-0.3, -0.25) is 13.2 Å². The number of rotatable bonds is 17. The molecule has 0 radical (unpaired) electrons. The Labute approximate surface area is 249 Å². The molecule has 1 aromatic carbocycles. The lowest BCUT2D eigenvalue weighted by Gasteiger charge is -2.44. The molecule has 0 spiro atoms. The number of benzene rings is 1. The van der Waals surface area contributed by atoms with E-state index in [-0.39, 0.29) is 13.0 Å². The summed E-state index contributed by atoms with van der Waals surface area (Å²) in [7, 11) is -3.66. The fourth-order valence-electron chi connectivity index (χ4n) is 3.85. The van der Waals surface area contributed by atoms with Crippen LogP contribution < -0.4 is 11.1 Å². The van der Waals surface area contributed by atoms with Crippen molar-refractivity contribution in [3.05, 3.63) is 35.9 Å². The first kappa shape index (κ1) is 37.5. The fraction of sp³-hybridized carbons (Fsp3) is 0.625. The molecule has 0 aliphatic heterocycles. The van der Waals surface area contributed by atoms with Gasteiger partial charge in [-0.2, -0.15) is 0 Å². The van der Waals surface area contributed by atoms with Gasteiger partial charge in [0.05, 0.1) is 18.5 Å². The number of nitrogens with one attached hydrogen (secondary N) is 1. The second kappa shape index (κ2) is 17.0. The molecule has 0 saturated carbocycles. The molecule has 0 aliphatic rings. The summed E-state index contributed by atoms with van der Waals surface area (Å²) < 4.78 is 84.4. The van der Waals surface area contributed by atoms with Crippen molar-refractivity contribution in [1.82, 2.24) is 5.32 Å². The number of nitrogens with two attached hydrogens (primary N) is 1. The monoisotopic (exact) mass is 656 g/mol. The van der Waals surface area contributed by atoms with Crippen LogP contribution in [0.2, 0.25) is 0 Å². The molecular formula is C24H36N2O13S3-2. The second-order valence-corrected chi connectivity index (χ2v) is 14.3. The summed E-state index contributed by atoms with van der Waals surface area (Å²) in [5.41, 5.74) is 6.45. The average Bonchev–Trinajstić information content (AvgIpc) is 2.87. The highest BCUT2D eigenvalue weighted by Gasteiger charge is 2.44. The summed E-state index contributed by atoms with van der Waals surface area (Å²) >= 11 is -6.91. The minimum Gasteiger partial charge on any atom is -0.771 e. The van der Waals surface area contributed by atoms with Gasteiger partial charge in [0.25, 0.3) is 0 Å². The smallest absolute Gasteiger partial charge is 0.511 e. The van der Waals surface area contributed by atoms with E-state index in [4.69, 9.17) is 15.2 Å². The predicted molar refractivity (Wildman–Crippen MR) is 148 cm³/mol. The Morgan fingerprint density at radius 1 is 1.10 bits per heavy atom. The van der Waals surface area contributed by atoms with Crippen LogP contribution in [0.4, 0.5) is 4.79 Å². The molecular weight excluding hydrogens is 620 g/mol. The zero-order valence-corrected chi connectivity index (χ0v) is 25.9. The maximum Gasteiger partial charge on any atom is 0.511 e. The van der Waals surface area contributed by atoms with E-state index in [0.29, 0.717) is 5.56 Å². The van der Waals surface area contributed by atoms with Crippen LogP contribution in [0.1, 0.15) is 39.2 Å². The quantitative estimate of drug-likeness (QED) is 0.107. The Morgan fingerprint density at radius 3 is 2.14 bits per heavy atom. The summed E-state index contributed by atoms with van der Waals surface area (Å²) in [5.74, 6) is -4.38. The Kier molecular flexibility index (Phi) is 15.2. The molecule has 0 saturated heterocycles. The maximum absolute atomic E-state index is 13.5. The summed E-state index contributed by atoms with van der Waals surface area (Å²) in [4.78, 5) is 37.7. The van der Waals surface area contributed by atoms with Crippen LogP contribution in [-0.4, -0.2) is 96.3 Å². The minimum atomic E-state index is -3.66. The summed E-state index contributed by atoms with van der Waals surface area (Å²) in [6.07, 6.45) is -5.04. The second-order valence-electron chi connectivity index (χ2n) is 9.43. The minimum absolute atomic E-state index is 0.0175. The molecule has 1 aromatic rings. The van der Waals surface area contributed by atoms with Gasteiger partial charge in [-0.25, -0.2) is 18.0 Å². The van der Waals surface area contributed by atoms with Gasteiger partial charge in [0.1, 0.15) is 13.9 Å². The largest absolute Gasteiger partial charge is 0.771 e. The highest BCUT2D eigenvalue weighted by atomic mass is 32.3.